The number of aliphatic hydroxyl groups excluding tert-OH is 4. The van der Waals surface area contributed by atoms with Gasteiger partial charge in [0.1, 0.15) is 37.8 Å². The Morgan fingerprint density at radius 3 is 2.03 bits per heavy atom. The maximum absolute atomic E-state index is 13.2. The fourth-order valence-electron chi connectivity index (χ4n) is 3.07. The molecule has 3 aromatic rings. The molecule has 0 amide bonds. The highest BCUT2D eigenvalue weighted by atomic mass is 16.5. The lowest BCUT2D eigenvalue weighted by atomic mass is 10.1. The zero-order valence-electron chi connectivity index (χ0n) is 17.9. The van der Waals surface area contributed by atoms with Gasteiger partial charge in [-0.05, 0) is 30.3 Å². The van der Waals surface area contributed by atoms with Gasteiger partial charge in [0, 0.05) is 11.6 Å². The van der Waals surface area contributed by atoms with E-state index in [1.54, 1.807) is 24.3 Å². The summed E-state index contributed by atoms with van der Waals surface area (Å²) >= 11 is 0. The molecule has 0 unspecified atom stereocenters. The van der Waals surface area contributed by atoms with Crippen molar-refractivity contribution in [3.8, 4) is 34.3 Å². The molecule has 0 saturated carbocycles. The van der Waals surface area contributed by atoms with Gasteiger partial charge >= 0.3 is 0 Å². The quantitative estimate of drug-likeness (QED) is 0.289. The van der Waals surface area contributed by atoms with Crippen LogP contribution >= 0.6 is 0 Å². The third-order valence-electron chi connectivity index (χ3n) is 4.42. The van der Waals surface area contributed by atoms with Crippen LogP contribution in [0.4, 0.5) is 0 Å². The standard InChI is InChI=1S/C23H26O10/c24-5-9-29-16-2-3-17-19(14-16)33-22(23(21(17)28)32-12-8-27)15-1-4-18(30-10-6-25)20(13-15)31-11-7-26/h1-4,13-14,24-27H,5-12H2. The summed E-state index contributed by atoms with van der Waals surface area (Å²) in [4.78, 5) is 13.2. The second kappa shape index (κ2) is 12.1. The summed E-state index contributed by atoms with van der Waals surface area (Å²) in [5, 5.41) is 36.6. The smallest absolute Gasteiger partial charge is 0.235 e. The number of hydrogen-bond donors (Lipinski definition) is 4. The number of benzene rings is 2. The highest BCUT2D eigenvalue weighted by molar-refractivity contribution is 5.83. The van der Waals surface area contributed by atoms with Crippen molar-refractivity contribution >= 4 is 11.0 Å². The maximum Gasteiger partial charge on any atom is 0.235 e. The van der Waals surface area contributed by atoms with Gasteiger partial charge in [0.2, 0.25) is 11.2 Å². The molecular formula is C23H26O10. The van der Waals surface area contributed by atoms with E-state index in [4.69, 9.17) is 38.7 Å². The van der Waals surface area contributed by atoms with E-state index in [0.717, 1.165) is 0 Å². The molecule has 0 aliphatic carbocycles. The van der Waals surface area contributed by atoms with Crippen LogP contribution in [0.1, 0.15) is 0 Å². The number of aliphatic hydroxyl groups is 4. The summed E-state index contributed by atoms with van der Waals surface area (Å²) in [6.07, 6.45) is 0. The molecule has 3 rings (SSSR count). The zero-order valence-corrected chi connectivity index (χ0v) is 17.9. The molecule has 2 aromatic carbocycles. The molecule has 0 saturated heterocycles. The summed E-state index contributed by atoms with van der Waals surface area (Å²) in [6, 6.07) is 9.42. The molecule has 0 fully saturated rings. The van der Waals surface area contributed by atoms with E-state index < -0.39 is 5.43 Å². The molecule has 33 heavy (non-hydrogen) atoms. The molecule has 4 N–H and O–H groups in total. The third kappa shape index (κ3) is 5.93. The van der Waals surface area contributed by atoms with Gasteiger partial charge in [-0.25, -0.2) is 0 Å². The Labute approximate surface area is 189 Å². The largest absolute Gasteiger partial charge is 0.491 e. The second-order valence-electron chi connectivity index (χ2n) is 6.70. The predicted molar refractivity (Wildman–Crippen MR) is 118 cm³/mol. The Bertz CT molecular complexity index is 1110. The van der Waals surface area contributed by atoms with E-state index in [9.17, 15) is 9.90 Å². The van der Waals surface area contributed by atoms with Crippen molar-refractivity contribution in [1.82, 2.24) is 0 Å². The van der Waals surface area contributed by atoms with Gasteiger partial charge in [0.25, 0.3) is 0 Å². The Kier molecular flexibility index (Phi) is 8.90. The van der Waals surface area contributed by atoms with Gasteiger partial charge in [-0.3, -0.25) is 4.79 Å². The van der Waals surface area contributed by atoms with Gasteiger partial charge < -0.3 is 43.8 Å². The number of hydrogen-bond acceptors (Lipinski definition) is 10. The van der Waals surface area contributed by atoms with Gasteiger partial charge in [0.15, 0.2) is 17.3 Å². The first-order chi connectivity index (χ1) is 16.1. The van der Waals surface area contributed by atoms with E-state index in [0.29, 0.717) is 17.1 Å². The van der Waals surface area contributed by atoms with Crippen molar-refractivity contribution in [2.24, 2.45) is 0 Å². The lowest BCUT2D eigenvalue weighted by Crippen LogP contribution is -2.13. The number of ether oxygens (including phenoxy) is 4. The molecule has 0 atom stereocenters. The van der Waals surface area contributed by atoms with Crippen LogP contribution in [0.25, 0.3) is 22.3 Å². The van der Waals surface area contributed by atoms with Gasteiger partial charge in [-0.1, -0.05) is 0 Å². The molecule has 1 heterocycles. The minimum atomic E-state index is -0.438. The third-order valence-corrected chi connectivity index (χ3v) is 4.42. The molecule has 10 heteroatoms. The van der Waals surface area contributed by atoms with Gasteiger partial charge in [0.05, 0.1) is 31.8 Å². The van der Waals surface area contributed by atoms with Gasteiger partial charge in [-0.2, -0.15) is 0 Å². The molecule has 0 aliphatic rings. The van der Waals surface area contributed by atoms with E-state index in [2.05, 4.69) is 0 Å². The first-order valence-corrected chi connectivity index (χ1v) is 10.3. The second-order valence-corrected chi connectivity index (χ2v) is 6.70. The van der Waals surface area contributed by atoms with Crippen molar-refractivity contribution in [3.05, 3.63) is 46.6 Å². The first kappa shape index (κ1) is 24.3. The summed E-state index contributed by atoms with van der Waals surface area (Å²) < 4.78 is 28.0. The molecule has 178 valence electrons. The van der Waals surface area contributed by atoms with Crippen molar-refractivity contribution < 1.29 is 43.8 Å². The van der Waals surface area contributed by atoms with Crippen molar-refractivity contribution in [2.45, 2.75) is 0 Å². The summed E-state index contributed by atoms with van der Waals surface area (Å²) in [6.45, 7) is -0.877. The average molecular weight is 462 g/mol. The lowest BCUT2D eigenvalue weighted by Gasteiger charge is -2.15. The Hall–Kier alpha value is -3.31. The van der Waals surface area contributed by atoms with Crippen LogP contribution in [0.15, 0.2) is 45.6 Å². The summed E-state index contributed by atoms with van der Waals surface area (Å²) in [7, 11) is 0. The highest BCUT2D eigenvalue weighted by Gasteiger charge is 2.20. The Morgan fingerprint density at radius 1 is 0.697 bits per heavy atom. The van der Waals surface area contributed by atoms with Crippen LogP contribution in [0, 0.1) is 0 Å². The van der Waals surface area contributed by atoms with E-state index in [1.165, 1.54) is 12.1 Å². The molecule has 0 bridgehead atoms. The average Bonchev–Trinajstić information content (AvgIpc) is 2.84. The van der Waals surface area contributed by atoms with Crippen molar-refractivity contribution in [2.75, 3.05) is 52.9 Å². The number of rotatable bonds is 13. The number of fused-ring (bicyclic) bond motifs is 1. The predicted octanol–water partition coefficient (Wildman–Crippen LogP) is 0.944. The molecule has 0 spiro atoms. The van der Waals surface area contributed by atoms with Crippen LogP contribution < -0.4 is 24.4 Å². The lowest BCUT2D eigenvalue weighted by molar-refractivity contribution is 0.178. The minimum Gasteiger partial charge on any atom is -0.491 e. The summed E-state index contributed by atoms with van der Waals surface area (Å²) in [5.74, 6) is 1.03. The van der Waals surface area contributed by atoms with E-state index in [-0.39, 0.29) is 81.1 Å². The van der Waals surface area contributed by atoms with E-state index >= 15 is 0 Å². The van der Waals surface area contributed by atoms with Crippen molar-refractivity contribution in [3.63, 3.8) is 0 Å². The van der Waals surface area contributed by atoms with Gasteiger partial charge in [-0.15, -0.1) is 0 Å². The Morgan fingerprint density at radius 2 is 1.33 bits per heavy atom. The molecule has 0 radical (unpaired) electrons. The highest BCUT2D eigenvalue weighted by Crippen LogP contribution is 2.37. The van der Waals surface area contributed by atoms with Crippen LogP contribution in [-0.4, -0.2) is 73.3 Å². The molecule has 10 nitrogen and oxygen atoms in total. The van der Waals surface area contributed by atoms with Crippen LogP contribution in [0.5, 0.6) is 23.0 Å². The maximum atomic E-state index is 13.2. The topological polar surface area (TPSA) is 148 Å². The molecule has 1 aromatic heterocycles. The zero-order chi connectivity index (χ0) is 23.6. The monoisotopic (exact) mass is 462 g/mol. The molecule has 0 aliphatic heterocycles. The fourth-order valence-corrected chi connectivity index (χ4v) is 3.07. The fraction of sp³-hybridized carbons (Fsp3) is 0.348. The van der Waals surface area contributed by atoms with Crippen LogP contribution in [-0.2, 0) is 0 Å². The summed E-state index contributed by atoms with van der Waals surface area (Å²) in [5.41, 5.74) is 0.222. The normalized spacial score (nSPS) is 10.9. The Balaban J connectivity index is 2.14. The van der Waals surface area contributed by atoms with Crippen LogP contribution in [0.2, 0.25) is 0 Å². The first-order valence-electron chi connectivity index (χ1n) is 10.3. The SMILES string of the molecule is O=c1c(OCCO)c(-c2ccc(OCCO)c(OCCO)c2)oc2cc(OCCO)ccc12. The van der Waals surface area contributed by atoms with Crippen molar-refractivity contribution in [1.29, 1.82) is 0 Å². The van der Waals surface area contributed by atoms with E-state index in [1.807, 2.05) is 0 Å². The molecular weight excluding hydrogens is 436 g/mol. The van der Waals surface area contributed by atoms with Crippen LogP contribution in [0.3, 0.4) is 0 Å². The minimum absolute atomic E-state index is 0.0000323.